The molecule has 2 aromatic carbocycles. The highest BCUT2D eigenvalue weighted by Gasteiger charge is 2.14. The molecule has 0 aliphatic carbocycles. The van der Waals surface area contributed by atoms with Crippen molar-refractivity contribution in [1.82, 2.24) is 10.0 Å². The zero-order valence-electron chi connectivity index (χ0n) is 16.4. The van der Waals surface area contributed by atoms with E-state index in [0.717, 1.165) is 5.56 Å². The molecule has 0 spiro atoms. The summed E-state index contributed by atoms with van der Waals surface area (Å²) in [5.74, 6) is -0.261. The van der Waals surface area contributed by atoms with Gasteiger partial charge in [-0.3, -0.25) is 4.79 Å². The lowest BCUT2D eigenvalue weighted by molar-refractivity contribution is -0.131. The van der Waals surface area contributed by atoms with Gasteiger partial charge >= 0.3 is 0 Å². The van der Waals surface area contributed by atoms with Crippen molar-refractivity contribution in [1.29, 1.82) is 0 Å². The minimum Gasteiger partial charge on any atom is -0.351 e. The van der Waals surface area contributed by atoms with Crippen molar-refractivity contribution in [3.63, 3.8) is 0 Å². The number of benzene rings is 2. The Balaban J connectivity index is 1.90. The fourth-order valence-electron chi connectivity index (χ4n) is 2.47. The van der Waals surface area contributed by atoms with Crippen LogP contribution in [0.1, 0.15) is 29.8 Å². The number of hydrogen-bond acceptors (Lipinski definition) is 5. The molecular formula is C20H25ClN2O5S. The lowest BCUT2D eigenvalue weighted by Gasteiger charge is -2.17. The van der Waals surface area contributed by atoms with Gasteiger partial charge in [-0.05, 0) is 55.8 Å². The van der Waals surface area contributed by atoms with Gasteiger partial charge < -0.3 is 14.8 Å². The fourth-order valence-corrected chi connectivity index (χ4v) is 3.61. The number of halogens is 1. The van der Waals surface area contributed by atoms with Gasteiger partial charge in [0.05, 0.1) is 11.4 Å². The van der Waals surface area contributed by atoms with Crippen LogP contribution in [0, 0.1) is 0 Å². The maximum Gasteiger partial charge on any atom is 0.251 e. The minimum atomic E-state index is -3.65. The highest BCUT2D eigenvalue weighted by atomic mass is 35.5. The zero-order valence-corrected chi connectivity index (χ0v) is 17.9. The maximum atomic E-state index is 12.3. The highest BCUT2D eigenvalue weighted by molar-refractivity contribution is 7.89. The third-order valence-corrected chi connectivity index (χ3v) is 5.61. The molecule has 0 unspecified atom stereocenters. The lowest BCUT2D eigenvalue weighted by atomic mass is 10.1. The summed E-state index contributed by atoms with van der Waals surface area (Å²) < 4.78 is 37.9. The molecule has 1 amide bonds. The van der Waals surface area contributed by atoms with Gasteiger partial charge in [0.25, 0.3) is 5.91 Å². The monoisotopic (exact) mass is 440 g/mol. The number of ether oxygens (including phenoxy) is 2. The molecule has 29 heavy (non-hydrogen) atoms. The predicted molar refractivity (Wildman–Crippen MR) is 111 cm³/mol. The van der Waals surface area contributed by atoms with E-state index in [2.05, 4.69) is 10.0 Å². The Morgan fingerprint density at radius 1 is 1.00 bits per heavy atom. The van der Waals surface area contributed by atoms with E-state index in [1.54, 1.807) is 24.3 Å². The standard InChI is InChI=1S/C20H25ClN2O5S/c1-3-27-19(28-4-2)14-22-20(24)16-7-5-15(6-8-16)13-23-29(25,26)18-11-9-17(21)10-12-18/h5-12,19,23H,3-4,13-14H2,1-2H3,(H,22,24). The SMILES string of the molecule is CCOC(CNC(=O)c1ccc(CNS(=O)(=O)c2ccc(Cl)cc2)cc1)OCC. The number of rotatable bonds is 11. The average Bonchev–Trinajstić information content (AvgIpc) is 2.71. The van der Waals surface area contributed by atoms with Crippen LogP contribution in [0.2, 0.25) is 5.02 Å². The van der Waals surface area contributed by atoms with Gasteiger partial charge in [0.1, 0.15) is 0 Å². The average molecular weight is 441 g/mol. The molecule has 0 aliphatic heterocycles. The van der Waals surface area contributed by atoms with Gasteiger partial charge in [-0.15, -0.1) is 0 Å². The lowest BCUT2D eigenvalue weighted by Crippen LogP contribution is -2.35. The van der Waals surface area contributed by atoms with Crippen LogP contribution in [0.4, 0.5) is 0 Å². The molecule has 0 saturated carbocycles. The molecule has 2 rings (SSSR count). The quantitative estimate of drug-likeness (QED) is 0.524. The maximum absolute atomic E-state index is 12.3. The van der Waals surface area contributed by atoms with E-state index in [4.69, 9.17) is 21.1 Å². The summed E-state index contributed by atoms with van der Waals surface area (Å²) in [7, 11) is -3.65. The summed E-state index contributed by atoms with van der Waals surface area (Å²) in [6.07, 6.45) is -0.490. The molecular weight excluding hydrogens is 416 g/mol. The third kappa shape index (κ3) is 7.41. The Morgan fingerprint density at radius 3 is 2.14 bits per heavy atom. The number of amides is 1. The van der Waals surface area contributed by atoms with Gasteiger partial charge in [0, 0.05) is 30.3 Å². The number of hydrogen-bond donors (Lipinski definition) is 2. The van der Waals surface area contributed by atoms with Crippen molar-refractivity contribution in [2.24, 2.45) is 0 Å². The Labute approximate surface area is 176 Å². The number of carbonyl (C=O) groups is 1. The number of sulfonamides is 1. The second kappa shape index (κ2) is 11.3. The van der Waals surface area contributed by atoms with Crippen LogP contribution < -0.4 is 10.0 Å². The molecule has 0 fully saturated rings. The van der Waals surface area contributed by atoms with E-state index >= 15 is 0 Å². The predicted octanol–water partition coefficient (Wildman–Crippen LogP) is 2.95. The molecule has 0 radical (unpaired) electrons. The zero-order chi connectivity index (χ0) is 21.3. The summed E-state index contributed by atoms with van der Waals surface area (Å²) >= 11 is 5.78. The third-order valence-electron chi connectivity index (χ3n) is 3.94. The van der Waals surface area contributed by atoms with Crippen LogP contribution in [0.25, 0.3) is 0 Å². The molecule has 0 bridgehead atoms. The van der Waals surface area contributed by atoms with Crippen LogP contribution in [0.5, 0.6) is 0 Å². The fraction of sp³-hybridized carbons (Fsp3) is 0.350. The summed E-state index contributed by atoms with van der Waals surface area (Å²) in [5, 5.41) is 3.22. The van der Waals surface area contributed by atoms with Gasteiger partial charge in [-0.2, -0.15) is 0 Å². The molecule has 0 heterocycles. The van der Waals surface area contributed by atoms with Crippen molar-refractivity contribution in [3.8, 4) is 0 Å². The van der Waals surface area contributed by atoms with Crippen LogP contribution >= 0.6 is 11.6 Å². The van der Waals surface area contributed by atoms with Crippen molar-refractivity contribution < 1.29 is 22.7 Å². The Hall–Kier alpha value is -1.97. The second-order valence-electron chi connectivity index (χ2n) is 6.03. The summed E-state index contributed by atoms with van der Waals surface area (Å²) in [6.45, 7) is 5.02. The second-order valence-corrected chi connectivity index (χ2v) is 8.23. The van der Waals surface area contributed by atoms with Crippen LogP contribution in [-0.2, 0) is 26.0 Å². The number of carbonyl (C=O) groups excluding carboxylic acids is 1. The molecule has 0 aliphatic rings. The normalized spacial score (nSPS) is 11.6. The molecule has 2 N–H and O–H groups in total. The molecule has 0 aromatic heterocycles. The van der Waals surface area contributed by atoms with Gasteiger partial charge in [-0.1, -0.05) is 23.7 Å². The van der Waals surface area contributed by atoms with E-state index in [-0.39, 0.29) is 23.9 Å². The summed E-state index contributed by atoms with van der Waals surface area (Å²) in [4.78, 5) is 12.4. The Morgan fingerprint density at radius 2 is 1.59 bits per heavy atom. The number of nitrogens with one attached hydrogen (secondary N) is 2. The smallest absolute Gasteiger partial charge is 0.251 e. The van der Waals surface area contributed by atoms with E-state index in [1.165, 1.54) is 24.3 Å². The first kappa shape index (κ1) is 23.3. The van der Waals surface area contributed by atoms with Crippen molar-refractivity contribution >= 4 is 27.5 Å². The largest absolute Gasteiger partial charge is 0.351 e. The van der Waals surface area contributed by atoms with Crippen LogP contribution in [-0.4, -0.2) is 40.4 Å². The van der Waals surface area contributed by atoms with Gasteiger partial charge in [-0.25, -0.2) is 13.1 Å². The molecule has 0 atom stereocenters. The van der Waals surface area contributed by atoms with Crippen molar-refractivity contribution in [2.45, 2.75) is 31.6 Å². The van der Waals surface area contributed by atoms with Gasteiger partial charge in [0.15, 0.2) is 6.29 Å². The molecule has 158 valence electrons. The van der Waals surface area contributed by atoms with E-state index in [9.17, 15) is 13.2 Å². The van der Waals surface area contributed by atoms with Crippen molar-refractivity contribution in [2.75, 3.05) is 19.8 Å². The van der Waals surface area contributed by atoms with Gasteiger partial charge in [0.2, 0.25) is 10.0 Å². The summed E-state index contributed by atoms with van der Waals surface area (Å²) in [5.41, 5.74) is 1.18. The molecule has 7 nitrogen and oxygen atoms in total. The Kier molecular flexibility index (Phi) is 9.06. The first-order chi connectivity index (χ1) is 13.9. The van der Waals surface area contributed by atoms with E-state index in [1.807, 2.05) is 13.8 Å². The summed E-state index contributed by atoms with van der Waals surface area (Å²) in [6, 6.07) is 12.6. The Bertz CT molecular complexity index is 880. The van der Waals surface area contributed by atoms with Crippen molar-refractivity contribution in [3.05, 3.63) is 64.7 Å². The first-order valence-electron chi connectivity index (χ1n) is 9.21. The first-order valence-corrected chi connectivity index (χ1v) is 11.1. The van der Waals surface area contributed by atoms with E-state index in [0.29, 0.717) is 23.8 Å². The highest BCUT2D eigenvalue weighted by Crippen LogP contribution is 2.14. The van der Waals surface area contributed by atoms with Crippen LogP contribution in [0.3, 0.4) is 0 Å². The van der Waals surface area contributed by atoms with E-state index < -0.39 is 16.3 Å². The topological polar surface area (TPSA) is 93.7 Å². The minimum absolute atomic E-state index is 0.101. The van der Waals surface area contributed by atoms with Crippen LogP contribution in [0.15, 0.2) is 53.4 Å². The molecule has 0 saturated heterocycles. The molecule has 9 heteroatoms. The molecule has 2 aromatic rings.